The summed E-state index contributed by atoms with van der Waals surface area (Å²) in [6.45, 7) is 6.55. The third kappa shape index (κ3) is 1.97. The lowest BCUT2D eigenvalue weighted by Gasteiger charge is -2.48. The average molecular weight is 214 g/mol. The highest BCUT2D eigenvalue weighted by Crippen LogP contribution is 2.58. The fourth-order valence-corrected chi connectivity index (χ4v) is 3.88. The minimum atomic E-state index is -0.496. The van der Waals surface area contributed by atoms with Gasteiger partial charge in [-0.1, -0.05) is 51.7 Å². The Morgan fingerprint density at radius 2 is 1.50 bits per heavy atom. The van der Waals surface area contributed by atoms with Crippen LogP contribution in [0.1, 0.15) is 59.3 Å². The topological polar surface area (TPSA) is 0 Å². The van der Waals surface area contributed by atoms with Crippen LogP contribution >= 0.6 is 0 Å². The summed E-state index contributed by atoms with van der Waals surface area (Å²) in [6.07, 6.45) is 8.20. The van der Waals surface area contributed by atoms with Crippen molar-refractivity contribution in [1.29, 1.82) is 0 Å². The first kappa shape index (κ1) is 12.6. The van der Waals surface area contributed by atoms with Gasteiger partial charge in [0.1, 0.15) is 0 Å². The van der Waals surface area contributed by atoms with E-state index < -0.39 is 5.21 Å². The molecule has 0 N–H and O–H groups in total. The summed E-state index contributed by atoms with van der Waals surface area (Å²) in [5.74, 6) is 2.27. The Bertz CT molecular complexity index is 252. The standard InChI is InChI=1S/C14H24B2/c1-13(2,3)14(15,16)12-9-8-10-6-4-5-7-11(10)12/h10-12H,4-9H2,1-3H3. The van der Waals surface area contributed by atoms with Gasteiger partial charge in [0.15, 0.2) is 0 Å². The van der Waals surface area contributed by atoms with Gasteiger partial charge in [0, 0.05) is 0 Å². The third-order valence-electron chi connectivity index (χ3n) is 5.25. The van der Waals surface area contributed by atoms with Crippen molar-refractivity contribution in [2.24, 2.45) is 23.2 Å². The van der Waals surface area contributed by atoms with Crippen LogP contribution in [0.4, 0.5) is 0 Å². The fraction of sp³-hybridized carbons (Fsp3) is 1.00. The first-order valence-corrected chi connectivity index (χ1v) is 6.92. The number of fused-ring (bicyclic) bond motifs is 1. The van der Waals surface area contributed by atoms with Crippen LogP contribution in [-0.4, -0.2) is 15.7 Å². The van der Waals surface area contributed by atoms with Gasteiger partial charge in [-0.3, -0.25) is 0 Å². The molecule has 2 aliphatic rings. The summed E-state index contributed by atoms with van der Waals surface area (Å²) in [5, 5.41) is -0.496. The van der Waals surface area contributed by atoms with Gasteiger partial charge in [0.05, 0.1) is 15.7 Å². The number of rotatable bonds is 1. The lowest BCUT2D eigenvalue weighted by molar-refractivity contribution is 0.163. The SMILES string of the molecule is [B]C([B])(C1CCC2CCCCC21)C(C)(C)C. The Labute approximate surface area is 104 Å². The van der Waals surface area contributed by atoms with Gasteiger partial charge in [-0.05, 0) is 36.0 Å². The monoisotopic (exact) mass is 214 g/mol. The normalized spacial score (nSPS) is 36.1. The quantitative estimate of drug-likeness (QED) is 0.583. The molecule has 2 rings (SSSR count). The molecule has 3 unspecified atom stereocenters. The summed E-state index contributed by atoms with van der Waals surface area (Å²) >= 11 is 0. The molecule has 4 radical (unpaired) electrons. The zero-order valence-electron chi connectivity index (χ0n) is 11.1. The second-order valence-electron chi connectivity index (χ2n) is 7.08. The Balaban J connectivity index is 2.16. The highest BCUT2D eigenvalue weighted by Gasteiger charge is 2.47. The maximum Gasteiger partial charge on any atom is 0.0631 e. The summed E-state index contributed by atoms with van der Waals surface area (Å²) in [5.41, 5.74) is 0.00397. The molecule has 0 nitrogen and oxygen atoms in total. The summed E-state index contributed by atoms with van der Waals surface area (Å²) < 4.78 is 0. The lowest BCUT2D eigenvalue weighted by Crippen LogP contribution is -2.39. The molecule has 16 heavy (non-hydrogen) atoms. The van der Waals surface area contributed by atoms with Crippen LogP contribution in [0.5, 0.6) is 0 Å². The van der Waals surface area contributed by atoms with E-state index in [1.54, 1.807) is 0 Å². The molecular weight excluding hydrogens is 190 g/mol. The summed E-state index contributed by atoms with van der Waals surface area (Å²) in [7, 11) is 13.0. The van der Waals surface area contributed by atoms with Gasteiger partial charge in [-0.2, -0.15) is 0 Å². The van der Waals surface area contributed by atoms with Crippen LogP contribution in [0.2, 0.25) is 5.21 Å². The molecule has 86 valence electrons. The second kappa shape index (κ2) is 4.10. The molecule has 0 heterocycles. The molecule has 2 aliphatic carbocycles. The van der Waals surface area contributed by atoms with Gasteiger partial charge < -0.3 is 0 Å². The zero-order chi connectivity index (χ0) is 12.0. The molecule has 0 saturated heterocycles. The van der Waals surface area contributed by atoms with E-state index in [2.05, 4.69) is 20.8 Å². The van der Waals surface area contributed by atoms with Crippen molar-refractivity contribution in [2.75, 3.05) is 0 Å². The molecule has 0 aromatic heterocycles. The van der Waals surface area contributed by atoms with Crippen LogP contribution in [0.25, 0.3) is 0 Å². The van der Waals surface area contributed by atoms with Crippen molar-refractivity contribution >= 4 is 15.7 Å². The Morgan fingerprint density at radius 1 is 0.875 bits per heavy atom. The summed E-state index contributed by atoms with van der Waals surface area (Å²) in [6, 6.07) is 0. The molecule has 2 fully saturated rings. The first-order valence-electron chi connectivity index (χ1n) is 6.92. The Kier molecular flexibility index (Phi) is 3.23. The molecule has 2 saturated carbocycles. The highest BCUT2D eigenvalue weighted by atomic mass is 14.5. The van der Waals surface area contributed by atoms with Gasteiger partial charge in [0.2, 0.25) is 0 Å². The largest absolute Gasteiger partial charge is 0.0913 e. The van der Waals surface area contributed by atoms with E-state index >= 15 is 0 Å². The van der Waals surface area contributed by atoms with E-state index in [4.69, 9.17) is 15.7 Å². The zero-order valence-corrected chi connectivity index (χ0v) is 11.1. The molecule has 0 aromatic carbocycles. The van der Waals surface area contributed by atoms with Gasteiger partial charge in [-0.25, -0.2) is 0 Å². The maximum atomic E-state index is 6.48. The van der Waals surface area contributed by atoms with Gasteiger partial charge in [0.25, 0.3) is 0 Å². The molecule has 0 aliphatic heterocycles. The van der Waals surface area contributed by atoms with Gasteiger partial charge >= 0.3 is 0 Å². The molecule has 0 aromatic rings. The number of hydrogen-bond donors (Lipinski definition) is 0. The Morgan fingerprint density at radius 3 is 2.12 bits per heavy atom. The second-order valence-corrected chi connectivity index (χ2v) is 7.08. The third-order valence-corrected chi connectivity index (χ3v) is 5.25. The predicted octanol–water partition coefficient (Wildman–Crippen LogP) is 3.70. The van der Waals surface area contributed by atoms with E-state index in [1.807, 2.05) is 0 Å². The van der Waals surface area contributed by atoms with E-state index in [1.165, 1.54) is 38.5 Å². The van der Waals surface area contributed by atoms with Gasteiger partial charge in [-0.15, -0.1) is 0 Å². The van der Waals surface area contributed by atoms with E-state index in [-0.39, 0.29) is 5.41 Å². The van der Waals surface area contributed by atoms with Crippen LogP contribution in [0.15, 0.2) is 0 Å². The fourth-order valence-electron chi connectivity index (χ4n) is 3.88. The molecule has 3 atom stereocenters. The van der Waals surface area contributed by atoms with Crippen LogP contribution < -0.4 is 0 Å². The van der Waals surface area contributed by atoms with Crippen molar-refractivity contribution in [1.82, 2.24) is 0 Å². The Hall–Kier alpha value is 0.130. The predicted molar refractivity (Wildman–Crippen MR) is 71.8 cm³/mol. The van der Waals surface area contributed by atoms with Crippen LogP contribution in [0, 0.1) is 23.2 Å². The highest BCUT2D eigenvalue weighted by molar-refractivity contribution is 6.40. The van der Waals surface area contributed by atoms with Crippen molar-refractivity contribution in [2.45, 2.75) is 64.5 Å². The molecular formula is C14H24B2. The van der Waals surface area contributed by atoms with Crippen molar-refractivity contribution in [3.8, 4) is 0 Å². The average Bonchev–Trinajstić information content (AvgIpc) is 2.59. The molecule has 2 heteroatoms. The lowest BCUT2D eigenvalue weighted by atomic mass is 9.37. The van der Waals surface area contributed by atoms with Crippen LogP contribution in [-0.2, 0) is 0 Å². The minimum absolute atomic E-state index is 0.00397. The van der Waals surface area contributed by atoms with E-state index in [0.29, 0.717) is 5.92 Å². The smallest absolute Gasteiger partial charge is 0.0631 e. The van der Waals surface area contributed by atoms with Crippen molar-refractivity contribution in [3.63, 3.8) is 0 Å². The minimum Gasteiger partial charge on any atom is -0.0913 e. The maximum absolute atomic E-state index is 6.48. The molecule has 0 amide bonds. The van der Waals surface area contributed by atoms with Crippen molar-refractivity contribution in [3.05, 3.63) is 0 Å². The summed E-state index contributed by atoms with van der Waals surface area (Å²) in [4.78, 5) is 0. The van der Waals surface area contributed by atoms with Crippen molar-refractivity contribution < 1.29 is 0 Å². The number of hydrogen-bond acceptors (Lipinski definition) is 0. The molecule has 0 spiro atoms. The molecule has 0 bridgehead atoms. The van der Waals surface area contributed by atoms with Crippen LogP contribution in [0.3, 0.4) is 0 Å². The first-order chi connectivity index (χ1) is 7.34. The van der Waals surface area contributed by atoms with E-state index in [0.717, 1.165) is 11.8 Å². The van der Waals surface area contributed by atoms with E-state index in [9.17, 15) is 0 Å².